The number of esters is 1. The van der Waals surface area contributed by atoms with Crippen molar-refractivity contribution >= 4 is 34.5 Å². The molecular formula is C40H39ClFN3O5. The van der Waals surface area contributed by atoms with Gasteiger partial charge < -0.3 is 24.0 Å². The molecule has 7 rings (SSSR count). The minimum Gasteiger partial charge on any atom is -0.489 e. The number of hydrogen-bond donors (Lipinski definition) is 1. The maximum absolute atomic E-state index is 16.1. The minimum absolute atomic E-state index is 0.0907. The monoisotopic (exact) mass is 695 g/mol. The van der Waals surface area contributed by atoms with Crippen LogP contribution in [0.15, 0.2) is 78.9 Å². The van der Waals surface area contributed by atoms with Crippen molar-refractivity contribution in [3.8, 4) is 28.3 Å². The van der Waals surface area contributed by atoms with Crippen molar-refractivity contribution in [2.24, 2.45) is 0 Å². The van der Waals surface area contributed by atoms with Gasteiger partial charge in [-0.25, -0.2) is 14.2 Å². The molecule has 10 heteroatoms. The molecule has 4 aromatic carbocycles. The molecule has 1 saturated carbocycles. The highest BCUT2D eigenvalue weighted by molar-refractivity contribution is 6.30. The first kappa shape index (κ1) is 33.8. The molecule has 2 aliphatic rings. The number of aliphatic hydroxyl groups is 1. The van der Waals surface area contributed by atoms with Crippen molar-refractivity contribution in [2.45, 2.75) is 63.7 Å². The zero-order valence-electron chi connectivity index (χ0n) is 27.9. The predicted molar refractivity (Wildman–Crippen MR) is 191 cm³/mol. The molecule has 5 aromatic rings. The summed E-state index contributed by atoms with van der Waals surface area (Å²) in [6.07, 6.45) is 6.01. The SMILES string of the molecule is COC(=O)c1ccc2c(c1)nc(-c1ccc(OCc3cc(C(=O)N4CCC(O)CC4)ccc3-c3ccc(Cl)cc3)cc1F)n2C1CCCCC1. The summed E-state index contributed by atoms with van der Waals surface area (Å²) in [4.78, 5) is 32.3. The van der Waals surface area contributed by atoms with E-state index in [2.05, 4.69) is 4.57 Å². The molecule has 0 bridgehead atoms. The smallest absolute Gasteiger partial charge is 0.337 e. The molecule has 1 aliphatic heterocycles. The second kappa shape index (κ2) is 14.6. The number of methoxy groups -OCH3 is 1. The second-order valence-electron chi connectivity index (χ2n) is 13.1. The van der Waals surface area contributed by atoms with Gasteiger partial charge in [0, 0.05) is 35.8 Å². The lowest BCUT2D eigenvalue weighted by atomic mass is 9.94. The number of carbonyl (C=O) groups is 2. The Bertz CT molecular complexity index is 2030. The van der Waals surface area contributed by atoms with Crippen LogP contribution in [0.3, 0.4) is 0 Å². The molecule has 258 valence electrons. The van der Waals surface area contributed by atoms with Gasteiger partial charge >= 0.3 is 5.97 Å². The number of imidazole rings is 1. The largest absolute Gasteiger partial charge is 0.489 e. The summed E-state index contributed by atoms with van der Waals surface area (Å²) < 4.78 is 29.3. The first-order valence-electron chi connectivity index (χ1n) is 17.2. The van der Waals surface area contributed by atoms with Crippen molar-refractivity contribution in [1.29, 1.82) is 0 Å². The van der Waals surface area contributed by atoms with E-state index in [0.29, 0.717) is 64.7 Å². The highest BCUT2D eigenvalue weighted by atomic mass is 35.5. The first-order valence-corrected chi connectivity index (χ1v) is 17.6. The van der Waals surface area contributed by atoms with E-state index in [1.165, 1.54) is 19.6 Å². The molecule has 8 nitrogen and oxygen atoms in total. The Balaban J connectivity index is 1.19. The number of aliphatic hydroxyl groups excluding tert-OH is 1. The molecule has 0 unspecified atom stereocenters. The molecular weight excluding hydrogens is 657 g/mol. The van der Waals surface area contributed by atoms with Crippen LogP contribution in [-0.4, -0.2) is 57.7 Å². The average Bonchev–Trinajstić information content (AvgIpc) is 3.53. The van der Waals surface area contributed by atoms with E-state index >= 15 is 4.39 Å². The summed E-state index contributed by atoms with van der Waals surface area (Å²) >= 11 is 6.16. The third kappa shape index (κ3) is 6.98. The predicted octanol–water partition coefficient (Wildman–Crippen LogP) is 8.63. The first-order chi connectivity index (χ1) is 24.3. The van der Waals surface area contributed by atoms with Crippen molar-refractivity contribution in [3.05, 3.63) is 106 Å². The quantitative estimate of drug-likeness (QED) is 0.163. The fourth-order valence-electron chi connectivity index (χ4n) is 7.18. The number of nitrogens with zero attached hydrogens (tertiary/aromatic N) is 3. The lowest BCUT2D eigenvalue weighted by molar-refractivity contribution is 0.0545. The molecule has 1 amide bonds. The van der Waals surface area contributed by atoms with Gasteiger partial charge in [-0.1, -0.05) is 49.1 Å². The highest BCUT2D eigenvalue weighted by Crippen LogP contribution is 2.38. The van der Waals surface area contributed by atoms with Crippen molar-refractivity contribution in [2.75, 3.05) is 20.2 Å². The number of aromatic nitrogens is 2. The Morgan fingerprint density at radius 1 is 0.880 bits per heavy atom. The number of halogens is 2. The number of likely N-dealkylation sites (tertiary alicyclic amines) is 1. The van der Waals surface area contributed by atoms with Gasteiger partial charge in [-0.3, -0.25) is 4.79 Å². The van der Waals surface area contributed by atoms with Crippen LogP contribution in [0.25, 0.3) is 33.5 Å². The number of amides is 1. The van der Waals surface area contributed by atoms with Crippen LogP contribution in [0.4, 0.5) is 4.39 Å². The van der Waals surface area contributed by atoms with E-state index in [0.717, 1.165) is 47.9 Å². The van der Waals surface area contributed by atoms with Crippen LogP contribution in [0.1, 0.15) is 77.3 Å². The van der Waals surface area contributed by atoms with E-state index in [9.17, 15) is 14.7 Å². The molecule has 1 aliphatic carbocycles. The molecule has 1 saturated heterocycles. The van der Waals surface area contributed by atoms with Crippen molar-refractivity contribution in [3.63, 3.8) is 0 Å². The van der Waals surface area contributed by atoms with Crippen molar-refractivity contribution in [1.82, 2.24) is 14.5 Å². The van der Waals surface area contributed by atoms with E-state index in [-0.39, 0.29) is 24.7 Å². The number of fused-ring (bicyclic) bond motifs is 1. The maximum Gasteiger partial charge on any atom is 0.337 e. The van der Waals surface area contributed by atoms with E-state index in [1.54, 1.807) is 29.2 Å². The van der Waals surface area contributed by atoms with E-state index < -0.39 is 11.8 Å². The molecule has 0 radical (unpaired) electrons. The lowest BCUT2D eigenvalue weighted by Gasteiger charge is -2.29. The van der Waals surface area contributed by atoms with Gasteiger partial charge in [-0.2, -0.15) is 0 Å². The average molecular weight is 696 g/mol. The topological polar surface area (TPSA) is 93.9 Å². The third-order valence-corrected chi connectivity index (χ3v) is 10.1. The number of ether oxygens (including phenoxy) is 2. The summed E-state index contributed by atoms with van der Waals surface area (Å²) in [5, 5.41) is 10.5. The summed E-state index contributed by atoms with van der Waals surface area (Å²) in [6.45, 7) is 1.09. The van der Waals surface area contributed by atoms with Crippen LogP contribution < -0.4 is 4.74 Å². The Hall–Kier alpha value is -4.73. The maximum atomic E-state index is 16.1. The molecule has 0 atom stereocenters. The standard InChI is InChI=1S/C40H39ClFN3O5/c1-49-40(48)27-10-16-37-36(22-27)43-38(45(37)30-5-3-2-4-6-30)34-15-13-32(23-35(34)42)50-24-28-21-26(39(47)44-19-17-31(46)18-20-44)9-14-33(28)25-7-11-29(41)12-8-25/h7-16,21-23,30-31,46H,2-6,17-20,24H2,1H3. The Morgan fingerprint density at radius 2 is 1.60 bits per heavy atom. The third-order valence-electron chi connectivity index (χ3n) is 9.89. The van der Waals surface area contributed by atoms with Gasteiger partial charge in [0.2, 0.25) is 0 Å². The summed E-state index contributed by atoms with van der Waals surface area (Å²) in [6, 6.07) is 23.2. The van der Waals surface area contributed by atoms with Gasteiger partial charge in [-0.05, 0) is 97.0 Å². The molecule has 2 fully saturated rings. The Kier molecular flexibility index (Phi) is 9.88. The van der Waals surface area contributed by atoms with Gasteiger partial charge in [0.1, 0.15) is 24.0 Å². The van der Waals surface area contributed by atoms with Crippen LogP contribution in [0, 0.1) is 5.82 Å². The Labute approximate surface area is 295 Å². The van der Waals surface area contributed by atoms with Gasteiger partial charge in [0.15, 0.2) is 0 Å². The van der Waals surface area contributed by atoms with Crippen LogP contribution in [0.5, 0.6) is 5.75 Å². The highest BCUT2D eigenvalue weighted by Gasteiger charge is 2.26. The summed E-state index contributed by atoms with van der Waals surface area (Å²) in [5.41, 5.74) is 5.27. The fraction of sp³-hybridized carbons (Fsp3) is 0.325. The molecule has 0 spiro atoms. The lowest BCUT2D eigenvalue weighted by Crippen LogP contribution is -2.40. The number of rotatable bonds is 8. The zero-order chi connectivity index (χ0) is 34.8. The minimum atomic E-state index is -0.475. The van der Waals surface area contributed by atoms with Gasteiger partial charge in [-0.15, -0.1) is 0 Å². The summed E-state index contributed by atoms with van der Waals surface area (Å²) in [5.74, 6) is -0.176. The van der Waals surface area contributed by atoms with Crippen LogP contribution >= 0.6 is 11.6 Å². The number of hydrogen-bond acceptors (Lipinski definition) is 6. The molecule has 1 aromatic heterocycles. The van der Waals surface area contributed by atoms with Crippen LogP contribution in [0.2, 0.25) is 5.02 Å². The van der Waals surface area contributed by atoms with E-state index in [1.807, 2.05) is 48.5 Å². The molecule has 50 heavy (non-hydrogen) atoms. The second-order valence-corrected chi connectivity index (χ2v) is 13.6. The molecule has 2 heterocycles. The summed E-state index contributed by atoms with van der Waals surface area (Å²) in [7, 11) is 1.34. The van der Waals surface area contributed by atoms with Gasteiger partial charge in [0.25, 0.3) is 5.91 Å². The van der Waals surface area contributed by atoms with Crippen molar-refractivity contribution < 1.29 is 28.6 Å². The number of benzene rings is 4. The zero-order valence-corrected chi connectivity index (χ0v) is 28.7. The van der Waals surface area contributed by atoms with Gasteiger partial charge in [0.05, 0.1) is 35.4 Å². The Morgan fingerprint density at radius 3 is 2.32 bits per heavy atom. The fourth-order valence-corrected chi connectivity index (χ4v) is 7.31. The van der Waals surface area contributed by atoms with E-state index in [4.69, 9.17) is 26.1 Å². The number of piperidine rings is 1. The molecule has 1 N–H and O–H groups in total. The normalized spacial score (nSPS) is 15.7. The van der Waals surface area contributed by atoms with Crippen LogP contribution in [-0.2, 0) is 11.3 Å². The number of carbonyl (C=O) groups excluding carboxylic acids is 2.